The lowest BCUT2D eigenvalue weighted by Gasteiger charge is -2.27. The van der Waals surface area contributed by atoms with Crippen molar-refractivity contribution >= 4 is 19.7 Å². The molecule has 3 unspecified atom stereocenters. The average molecular weight is 1050 g/mol. The van der Waals surface area contributed by atoms with E-state index in [4.69, 9.17) is 13.8 Å². The second kappa shape index (κ2) is 53.1. The number of amides is 1. The molecule has 0 bridgehead atoms. The zero-order valence-corrected chi connectivity index (χ0v) is 49.2. The van der Waals surface area contributed by atoms with Crippen LogP contribution in [0.4, 0.5) is 0 Å². The molecule has 0 aliphatic carbocycles. The minimum atomic E-state index is -4.47. The van der Waals surface area contributed by atoms with E-state index >= 15 is 0 Å². The van der Waals surface area contributed by atoms with Gasteiger partial charge in [0.05, 0.1) is 33.8 Å². The number of phosphoric ester groups is 1. The number of nitrogens with one attached hydrogen (secondary N) is 1. The zero-order valence-electron chi connectivity index (χ0n) is 48.3. The lowest BCUT2D eigenvalue weighted by atomic mass is 10.0. The van der Waals surface area contributed by atoms with E-state index in [0.717, 1.165) is 135 Å². The number of likely N-dealkylation sites (N-methyl/N-ethyl adjacent to an activating group) is 1. The smallest absolute Gasteiger partial charge is 0.456 e. The van der Waals surface area contributed by atoms with Gasteiger partial charge in [-0.1, -0.05) is 220 Å². The van der Waals surface area contributed by atoms with E-state index in [9.17, 15) is 19.0 Å². The molecule has 3 atom stereocenters. The molecule has 10 heteroatoms. The van der Waals surface area contributed by atoms with Gasteiger partial charge in [0.15, 0.2) is 0 Å². The number of quaternary nitrogens is 1. The topological polar surface area (TPSA) is 111 Å². The predicted molar refractivity (Wildman–Crippen MR) is 318 cm³/mol. The Kier molecular flexibility index (Phi) is 50.7. The number of carbonyl (C=O) groups excluding carboxylic acids is 2. The van der Waals surface area contributed by atoms with Gasteiger partial charge >= 0.3 is 13.8 Å². The van der Waals surface area contributed by atoms with E-state index in [1.165, 1.54) is 57.8 Å². The standard InChI is InChI=1S/C64H111N2O7P/c1-7-10-13-16-19-22-25-28-30-32-33-34-36-39-42-45-48-51-54-57-64(68)73-62(55-52-49-46-43-40-37-27-24-21-18-15-12-9-3)61(60-72-74(69,70)71-59-58-66(4,5)6)65-63(67)56-53-50-47-44-41-38-35-31-29-26-23-20-17-14-11-8-2/h10-11,13-14,19-20,22-23,28-31,33-34,39,42,52,55,61-62H,7-9,12,15-18,21,24-27,32,35-38,40-41,43-51,53-54,56-60H2,1-6H3,(H-,65,67,69,70)/p+1/b13-10-,14-11+,22-19-,23-20+,30-28-,31-29+,34-33-,42-39-,55-52+. The van der Waals surface area contributed by atoms with E-state index in [1.54, 1.807) is 0 Å². The Morgan fingerprint density at radius 2 is 0.865 bits per heavy atom. The molecule has 0 aromatic rings. The van der Waals surface area contributed by atoms with Crippen LogP contribution in [0.3, 0.4) is 0 Å². The van der Waals surface area contributed by atoms with Crippen molar-refractivity contribution in [2.45, 2.75) is 245 Å². The first kappa shape index (κ1) is 70.7. The Bertz CT molecular complexity index is 1640. The molecule has 0 saturated carbocycles. The summed E-state index contributed by atoms with van der Waals surface area (Å²) in [6.07, 6.45) is 72.2. The van der Waals surface area contributed by atoms with Gasteiger partial charge in [0.25, 0.3) is 0 Å². The van der Waals surface area contributed by atoms with Crippen LogP contribution < -0.4 is 5.32 Å². The number of allylic oxidation sites excluding steroid dienone is 17. The summed E-state index contributed by atoms with van der Waals surface area (Å²) in [4.78, 5) is 37.7. The summed E-state index contributed by atoms with van der Waals surface area (Å²) >= 11 is 0. The maximum Gasteiger partial charge on any atom is 0.472 e. The van der Waals surface area contributed by atoms with Gasteiger partial charge in [-0.05, 0) is 109 Å². The van der Waals surface area contributed by atoms with Crippen molar-refractivity contribution in [3.05, 3.63) is 109 Å². The van der Waals surface area contributed by atoms with Crippen molar-refractivity contribution < 1.29 is 37.3 Å². The van der Waals surface area contributed by atoms with E-state index in [-0.39, 0.29) is 31.5 Å². The van der Waals surface area contributed by atoms with Crippen LogP contribution >= 0.6 is 7.82 Å². The highest BCUT2D eigenvalue weighted by atomic mass is 31.2. The Balaban J connectivity index is 5.43. The molecule has 424 valence electrons. The number of esters is 1. The Labute approximate surface area is 455 Å². The van der Waals surface area contributed by atoms with Crippen molar-refractivity contribution in [3.63, 3.8) is 0 Å². The van der Waals surface area contributed by atoms with Crippen LogP contribution in [0.2, 0.25) is 0 Å². The molecule has 0 aromatic carbocycles. The second-order valence-corrected chi connectivity index (χ2v) is 22.2. The third-order valence-electron chi connectivity index (χ3n) is 12.5. The number of ether oxygens (including phenoxy) is 1. The van der Waals surface area contributed by atoms with E-state index in [0.29, 0.717) is 23.9 Å². The highest BCUT2D eigenvalue weighted by Gasteiger charge is 2.30. The van der Waals surface area contributed by atoms with E-state index in [2.05, 4.69) is 123 Å². The normalized spacial score (nSPS) is 14.5. The van der Waals surface area contributed by atoms with Gasteiger partial charge in [0.1, 0.15) is 19.3 Å². The third kappa shape index (κ3) is 53.5. The van der Waals surface area contributed by atoms with Crippen LogP contribution in [0.1, 0.15) is 233 Å². The molecule has 9 nitrogen and oxygen atoms in total. The number of rotatable bonds is 52. The molecule has 0 aliphatic heterocycles. The summed E-state index contributed by atoms with van der Waals surface area (Å²) in [5, 5.41) is 3.03. The summed E-state index contributed by atoms with van der Waals surface area (Å²) < 4.78 is 30.6. The maximum atomic E-state index is 13.5. The van der Waals surface area contributed by atoms with Crippen LogP contribution in [-0.4, -0.2) is 74.3 Å². The van der Waals surface area contributed by atoms with Gasteiger partial charge in [-0.15, -0.1) is 0 Å². The average Bonchev–Trinajstić information content (AvgIpc) is 3.36. The van der Waals surface area contributed by atoms with Crippen LogP contribution in [0.15, 0.2) is 109 Å². The quantitative estimate of drug-likeness (QED) is 0.0205. The number of carbonyl (C=O) groups is 2. The van der Waals surface area contributed by atoms with Crippen molar-refractivity contribution in [2.24, 2.45) is 0 Å². The van der Waals surface area contributed by atoms with Gasteiger partial charge in [-0.2, -0.15) is 0 Å². The highest BCUT2D eigenvalue weighted by Crippen LogP contribution is 2.43. The Morgan fingerprint density at radius 3 is 1.31 bits per heavy atom. The first-order chi connectivity index (χ1) is 35.9. The molecular weight excluding hydrogens is 940 g/mol. The summed E-state index contributed by atoms with van der Waals surface area (Å²) in [5.74, 6) is -0.564. The molecule has 0 rings (SSSR count). The third-order valence-corrected chi connectivity index (χ3v) is 13.4. The number of phosphoric acid groups is 1. The van der Waals surface area contributed by atoms with Crippen LogP contribution in [0.5, 0.6) is 0 Å². The van der Waals surface area contributed by atoms with Crippen molar-refractivity contribution in [3.8, 4) is 0 Å². The molecular formula is C64H112N2O7P+. The van der Waals surface area contributed by atoms with Crippen LogP contribution in [0, 0.1) is 0 Å². The van der Waals surface area contributed by atoms with Crippen LogP contribution in [-0.2, 0) is 27.9 Å². The van der Waals surface area contributed by atoms with E-state index in [1.807, 2.05) is 33.3 Å². The van der Waals surface area contributed by atoms with Gasteiger partial charge < -0.3 is 19.4 Å². The molecule has 0 saturated heterocycles. The first-order valence-electron chi connectivity index (χ1n) is 29.7. The fourth-order valence-corrected chi connectivity index (χ4v) is 8.66. The fourth-order valence-electron chi connectivity index (χ4n) is 7.92. The van der Waals surface area contributed by atoms with Crippen molar-refractivity contribution in [1.82, 2.24) is 5.32 Å². The van der Waals surface area contributed by atoms with Crippen LogP contribution in [0.25, 0.3) is 0 Å². The van der Waals surface area contributed by atoms with Gasteiger partial charge in [0, 0.05) is 12.8 Å². The lowest BCUT2D eigenvalue weighted by Crippen LogP contribution is -2.47. The lowest BCUT2D eigenvalue weighted by molar-refractivity contribution is -0.870. The Morgan fingerprint density at radius 1 is 0.486 bits per heavy atom. The molecule has 0 aromatic heterocycles. The molecule has 1 amide bonds. The molecule has 0 spiro atoms. The fraction of sp³-hybridized carbons (Fsp3) is 0.688. The second-order valence-electron chi connectivity index (χ2n) is 20.8. The molecule has 0 fully saturated rings. The number of nitrogens with zero attached hydrogens (tertiary/aromatic N) is 1. The van der Waals surface area contributed by atoms with Gasteiger partial charge in [0.2, 0.25) is 5.91 Å². The summed E-state index contributed by atoms with van der Waals surface area (Å²) in [5.41, 5.74) is 0. The van der Waals surface area contributed by atoms with E-state index < -0.39 is 20.0 Å². The molecule has 0 aliphatic rings. The number of hydrogen-bond donors (Lipinski definition) is 2. The maximum absolute atomic E-state index is 13.5. The number of unbranched alkanes of at least 4 members (excludes halogenated alkanes) is 20. The monoisotopic (exact) mass is 1050 g/mol. The zero-order chi connectivity index (χ0) is 54.3. The summed E-state index contributed by atoms with van der Waals surface area (Å²) in [6, 6.07) is -0.876. The summed E-state index contributed by atoms with van der Waals surface area (Å²) in [7, 11) is 1.45. The Hall–Kier alpha value is -3.33. The van der Waals surface area contributed by atoms with Gasteiger partial charge in [-0.25, -0.2) is 4.57 Å². The molecule has 2 N–H and O–H groups in total. The summed E-state index contributed by atoms with van der Waals surface area (Å²) in [6.45, 7) is 6.74. The highest BCUT2D eigenvalue weighted by molar-refractivity contribution is 7.47. The van der Waals surface area contributed by atoms with Crippen molar-refractivity contribution in [1.29, 1.82) is 0 Å². The largest absolute Gasteiger partial charge is 0.472 e. The predicted octanol–water partition coefficient (Wildman–Crippen LogP) is 18.2. The minimum absolute atomic E-state index is 0.0262. The van der Waals surface area contributed by atoms with Gasteiger partial charge in [-0.3, -0.25) is 18.6 Å². The minimum Gasteiger partial charge on any atom is -0.456 e. The molecule has 74 heavy (non-hydrogen) atoms. The molecule has 0 radical (unpaired) electrons. The SMILES string of the molecule is CC/C=C\C/C=C\C/C=C\C/C=C\C/C=C\CCCCCC(=O)OC(/C=C/CCCCCCCCCCCCC)C(COP(=O)(O)OCC[N+](C)(C)C)NC(=O)CCCCCCCC/C=C/C/C=C/C/C=C/CC. The first-order valence-corrected chi connectivity index (χ1v) is 31.2. The number of hydrogen-bond acceptors (Lipinski definition) is 6. The molecule has 0 heterocycles. The van der Waals surface area contributed by atoms with Crippen molar-refractivity contribution in [2.75, 3.05) is 40.9 Å².